The molecule has 1 heterocycles. The Morgan fingerprint density at radius 1 is 1.47 bits per heavy atom. The highest BCUT2D eigenvalue weighted by Crippen LogP contribution is 2.15. The molecule has 1 fully saturated rings. The van der Waals surface area contributed by atoms with E-state index in [2.05, 4.69) is 6.58 Å². The fourth-order valence-electron chi connectivity index (χ4n) is 1.29. The quantitative estimate of drug-likeness (QED) is 0.573. The molecule has 84 valence electrons. The van der Waals surface area contributed by atoms with Gasteiger partial charge in [-0.1, -0.05) is 6.58 Å². The lowest BCUT2D eigenvalue weighted by atomic mass is 10.1. The molecular weight excluding hydrogens is 194 g/mol. The number of carbonyl (C=O) groups is 2. The summed E-state index contributed by atoms with van der Waals surface area (Å²) < 4.78 is 5.20. The standard InChI is InChI=1S/C11H17NO3/c1-8-7-12(6-5-9(8)13)10(14)15-11(2,3)4/h1,5-7H2,2-4H3. The van der Waals surface area contributed by atoms with Crippen molar-refractivity contribution in [2.45, 2.75) is 32.8 Å². The number of hydrogen-bond donors (Lipinski definition) is 0. The third-order valence-corrected chi connectivity index (χ3v) is 2.04. The van der Waals surface area contributed by atoms with E-state index < -0.39 is 5.60 Å². The number of Topliss-reactive ketones (excluding diaryl/α,β-unsaturated/α-hetero) is 1. The van der Waals surface area contributed by atoms with Gasteiger partial charge in [0.2, 0.25) is 0 Å². The predicted molar refractivity (Wildman–Crippen MR) is 56.6 cm³/mol. The van der Waals surface area contributed by atoms with Gasteiger partial charge in [-0.2, -0.15) is 0 Å². The third kappa shape index (κ3) is 3.38. The maximum atomic E-state index is 11.6. The number of ether oxygens (including phenoxy) is 1. The SMILES string of the molecule is C=C1CN(C(=O)OC(C)(C)C)CCC1=O. The molecule has 0 saturated carbocycles. The van der Waals surface area contributed by atoms with E-state index in [0.717, 1.165) is 0 Å². The van der Waals surface area contributed by atoms with E-state index in [1.807, 2.05) is 20.8 Å². The average molecular weight is 211 g/mol. The van der Waals surface area contributed by atoms with Gasteiger partial charge in [0, 0.05) is 18.5 Å². The van der Waals surface area contributed by atoms with Crippen molar-refractivity contribution in [3.05, 3.63) is 12.2 Å². The monoisotopic (exact) mass is 211 g/mol. The van der Waals surface area contributed by atoms with Crippen molar-refractivity contribution in [2.24, 2.45) is 0 Å². The van der Waals surface area contributed by atoms with Crippen molar-refractivity contribution in [3.63, 3.8) is 0 Å². The first-order valence-corrected chi connectivity index (χ1v) is 4.98. The van der Waals surface area contributed by atoms with Crippen LogP contribution in [0.2, 0.25) is 0 Å². The van der Waals surface area contributed by atoms with Crippen LogP contribution in [0.3, 0.4) is 0 Å². The summed E-state index contributed by atoms with van der Waals surface area (Å²) in [5, 5.41) is 0. The minimum Gasteiger partial charge on any atom is -0.444 e. The van der Waals surface area contributed by atoms with Crippen LogP contribution in [0, 0.1) is 0 Å². The second kappa shape index (κ2) is 4.04. The Bertz CT molecular complexity index is 301. The van der Waals surface area contributed by atoms with Gasteiger partial charge in [-0.15, -0.1) is 0 Å². The molecule has 0 atom stereocenters. The van der Waals surface area contributed by atoms with Crippen molar-refractivity contribution in [3.8, 4) is 0 Å². The van der Waals surface area contributed by atoms with Crippen molar-refractivity contribution in [2.75, 3.05) is 13.1 Å². The molecule has 0 N–H and O–H groups in total. The number of likely N-dealkylation sites (tertiary alicyclic amines) is 1. The molecule has 0 unspecified atom stereocenters. The van der Waals surface area contributed by atoms with Crippen LogP contribution in [0.25, 0.3) is 0 Å². The van der Waals surface area contributed by atoms with E-state index >= 15 is 0 Å². The molecule has 1 aliphatic rings. The van der Waals surface area contributed by atoms with Crippen molar-refractivity contribution < 1.29 is 14.3 Å². The predicted octanol–water partition coefficient (Wildman–Crippen LogP) is 1.75. The van der Waals surface area contributed by atoms with Crippen molar-refractivity contribution in [1.82, 2.24) is 4.90 Å². The van der Waals surface area contributed by atoms with Gasteiger partial charge in [0.05, 0.1) is 6.54 Å². The number of ketones is 1. The second-order valence-electron chi connectivity index (χ2n) is 4.68. The average Bonchev–Trinajstić information content (AvgIpc) is 2.06. The Kier molecular flexibility index (Phi) is 3.17. The van der Waals surface area contributed by atoms with Crippen molar-refractivity contribution in [1.29, 1.82) is 0 Å². The first kappa shape index (κ1) is 11.8. The van der Waals surface area contributed by atoms with E-state index in [0.29, 0.717) is 18.5 Å². The normalized spacial score (nSPS) is 17.9. The molecule has 1 aliphatic heterocycles. The zero-order valence-electron chi connectivity index (χ0n) is 9.50. The molecule has 0 aromatic carbocycles. The van der Waals surface area contributed by atoms with Crippen molar-refractivity contribution >= 4 is 11.9 Å². The van der Waals surface area contributed by atoms with Crippen LogP contribution in [0.1, 0.15) is 27.2 Å². The molecule has 4 heteroatoms. The Morgan fingerprint density at radius 3 is 2.53 bits per heavy atom. The summed E-state index contributed by atoms with van der Waals surface area (Å²) in [5.41, 5.74) is -0.0213. The summed E-state index contributed by atoms with van der Waals surface area (Å²) >= 11 is 0. The fraction of sp³-hybridized carbons (Fsp3) is 0.636. The molecular formula is C11H17NO3. The number of amides is 1. The summed E-state index contributed by atoms with van der Waals surface area (Å²) in [6.07, 6.45) is -0.0333. The molecule has 0 bridgehead atoms. The van der Waals surface area contributed by atoms with Crippen LogP contribution >= 0.6 is 0 Å². The highest BCUT2D eigenvalue weighted by Gasteiger charge is 2.27. The van der Waals surface area contributed by atoms with Crippen LogP contribution < -0.4 is 0 Å². The minimum atomic E-state index is -0.500. The van der Waals surface area contributed by atoms with Gasteiger partial charge in [0.1, 0.15) is 5.60 Å². The lowest BCUT2D eigenvalue weighted by molar-refractivity contribution is -0.117. The molecule has 0 aliphatic carbocycles. The summed E-state index contributed by atoms with van der Waals surface area (Å²) in [7, 11) is 0. The molecule has 1 saturated heterocycles. The topological polar surface area (TPSA) is 46.6 Å². The van der Waals surface area contributed by atoms with E-state index in [1.165, 1.54) is 4.90 Å². The zero-order chi connectivity index (χ0) is 11.6. The van der Waals surface area contributed by atoms with Gasteiger partial charge in [0.15, 0.2) is 5.78 Å². The number of piperidine rings is 1. The number of carbonyl (C=O) groups excluding carboxylic acids is 2. The zero-order valence-corrected chi connectivity index (χ0v) is 9.50. The Morgan fingerprint density at radius 2 is 2.07 bits per heavy atom. The summed E-state index contributed by atoms with van der Waals surface area (Å²) in [6.45, 7) is 9.78. The minimum absolute atomic E-state index is 0.0369. The highest BCUT2D eigenvalue weighted by molar-refractivity contribution is 5.97. The third-order valence-electron chi connectivity index (χ3n) is 2.04. The summed E-state index contributed by atoms with van der Waals surface area (Å²) in [5.74, 6) is 0.0369. The lowest BCUT2D eigenvalue weighted by Crippen LogP contribution is -2.42. The highest BCUT2D eigenvalue weighted by atomic mass is 16.6. The van der Waals surface area contributed by atoms with E-state index in [1.54, 1.807) is 0 Å². The molecule has 1 amide bonds. The van der Waals surface area contributed by atoms with Gasteiger partial charge in [0.25, 0.3) is 0 Å². The number of rotatable bonds is 0. The van der Waals surface area contributed by atoms with Gasteiger partial charge in [-0.05, 0) is 20.8 Å². The smallest absolute Gasteiger partial charge is 0.410 e. The molecule has 0 radical (unpaired) electrons. The summed E-state index contributed by atoms with van der Waals surface area (Å²) in [6, 6.07) is 0. The first-order chi connectivity index (χ1) is 6.79. The van der Waals surface area contributed by atoms with Crippen LogP contribution in [-0.2, 0) is 9.53 Å². The first-order valence-electron chi connectivity index (χ1n) is 4.98. The number of nitrogens with zero attached hydrogens (tertiary/aromatic N) is 1. The molecule has 0 spiro atoms. The molecule has 15 heavy (non-hydrogen) atoms. The largest absolute Gasteiger partial charge is 0.444 e. The van der Waals surface area contributed by atoms with E-state index in [9.17, 15) is 9.59 Å². The van der Waals surface area contributed by atoms with Crippen LogP contribution in [0.15, 0.2) is 12.2 Å². The van der Waals surface area contributed by atoms with Gasteiger partial charge >= 0.3 is 6.09 Å². The number of hydrogen-bond acceptors (Lipinski definition) is 3. The Hall–Kier alpha value is -1.32. The van der Waals surface area contributed by atoms with Crippen LogP contribution in [0.5, 0.6) is 0 Å². The van der Waals surface area contributed by atoms with Gasteiger partial charge in [-0.3, -0.25) is 4.79 Å². The maximum absolute atomic E-state index is 11.6. The van der Waals surface area contributed by atoms with E-state index in [-0.39, 0.29) is 18.4 Å². The Balaban J connectivity index is 2.55. The molecule has 1 rings (SSSR count). The molecule has 4 nitrogen and oxygen atoms in total. The van der Waals surface area contributed by atoms with Crippen LogP contribution in [0.4, 0.5) is 4.79 Å². The maximum Gasteiger partial charge on any atom is 0.410 e. The summed E-state index contributed by atoms with van der Waals surface area (Å²) in [4.78, 5) is 24.3. The van der Waals surface area contributed by atoms with Gasteiger partial charge in [-0.25, -0.2) is 4.79 Å². The van der Waals surface area contributed by atoms with Crippen LogP contribution in [-0.4, -0.2) is 35.5 Å². The van der Waals surface area contributed by atoms with Gasteiger partial charge < -0.3 is 9.64 Å². The molecule has 0 aromatic heterocycles. The lowest BCUT2D eigenvalue weighted by Gasteiger charge is -2.30. The second-order valence-corrected chi connectivity index (χ2v) is 4.68. The Labute approximate surface area is 89.9 Å². The van der Waals surface area contributed by atoms with E-state index in [4.69, 9.17) is 4.74 Å². The fourth-order valence-corrected chi connectivity index (χ4v) is 1.29. The molecule has 0 aromatic rings.